The summed E-state index contributed by atoms with van der Waals surface area (Å²) in [5, 5.41) is 15.8. The number of carbonyl (C=O) groups is 2. The number of rotatable bonds is 3. The van der Waals surface area contributed by atoms with E-state index >= 15 is 0 Å². The van der Waals surface area contributed by atoms with E-state index in [1.54, 1.807) is 0 Å². The summed E-state index contributed by atoms with van der Waals surface area (Å²) < 4.78 is 0. The standard InChI is InChI=1S/C5H5N5.C4H6O4/c6-4-3-5(9-1-7-3)10-2-8-4;5-3(6)1-2-4(7)8/h1-2H,(H3,6,7,8,9,10);1-2H2,(H,5,6)(H,7,8). The highest BCUT2D eigenvalue weighted by molar-refractivity contribution is 5.80. The molecule has 0 atom stereocenters. The zero-order valence-electron chi connectivity index (χ0n) is 9.20. The Morgan fingerprint density at radius 2 is 1.78 bits per heavy atom. The summed E-state index contributed by atoms with van der Waals surface area (Å²) in [6.07, 6.45) is 2.33. The second-order valence-electron chi connectivity index (χ2n) is 3.15. The number of nitrogen functional groups attached to an aromatic ring is 1. The van der Waals surface area contributed by atoms with E-state index in [1.807, 2.05) is 0 Å². The number of fused-ring (bicyclic) bond motifs is 1. The maximum atomic E-state index is 9.64. The number of H-pyrrole nitrogens is 1. The van der Waals surface area contributed by atoms with Crippen LogP contribution in [0.1, 0.15) is 12.8 Å². The van der Waals surface area contributed by atoms with Crippen LogP contribution in [-0.2, 0) is 9.59 Å². The van der Waals surface area contributed by atoms with Crippen LogP contribution in [0.5, 0.6) is 0 Å². The molecule has 96 valence electrons. The van der Waals surface area contributed by atoms with Gasteiger partial charge in [-0.1, -0.05) is 0 Å². The first kappa shape index (κ1) is 13.4. The van der Waals surface area contributed by atoms with E-state index in [0.29, 0.717) is 17.0 Å². The number of aliphatic carboxylic acids is 2. The molecule has 2 aromatic rings. The Morgan fingerprint density at radius 1 is 1.17 bits per heavy atom. The Labute approximate surface area is 101 Å². The molecule has 18 heavy (non-hydrogen) atoms. The highest BCUT2D eigenvalue weighted by Gasteiger charge is 2.00. The van der Waals surface area contributed by atoms with Crippen molar-refractivity contribution in [3.05, 3.63) is 12.7 Å². The molecule has 5 N–H and O–H groups in total. The average molecular weight is 253 g/mol. The van der Waals surface area contributed by atoms with Crippen LogP contribution in [0.4, 0.5) is 5.82 Å². The van der Waals surface area contributed by atoms with Gasteiger partial charge in [-0.3, -0.25) is 9.59 Å². The van der Waals surface area contributed by atoms with E-state index < -0.39 is 11.9 Å². The van der Waals surface area contributed by atoms with Gasteiger partial charge >= 0.3 is 11.9 Å². The van der Waals surface area contributed by atoms with Crippen molar-refractivity contribution in [2.24, 2.45) is 0 Å². The minimum atomic E-state index is -1.08. The molecule has 0 spiro atoms. The summed E-state index contributed by atoms with van der Waals surface area (Å²) in [6, 6.07) is 0. The molecule has 0 aliphatic rings. The van der Waals surface area contributed by atoms with E-state index in [9.17, 15) is 9.59 Å². The van der Waals surface area contributed by atoms with Crippen LogP contribution in [0.15, 0.2) is 12.7 Å². The predicted molar refractivity (Wildman–Crippen MR) is 60.6 cm³/mol. The van der Waals surface area contributed by atoms with Crippen LogP contribution >= 0.6 is 0 Å². The third-order valence-electron chi connectivity index (χ3n) is 1.81. The molecule has 0 aromatic carbocycles. The number of hydrogen-bond acceptors (Lipinski definition) is 6. The molecule has 0 amide bonds. The summed E-state index contributed by atoms with van der Waals surface area (Å²) in [6.45, 7) is 0. The first-order valence-corrected chi connectivity index (χ1v) is 4.84. The van der Waals surface area contributed by atoms with Gasteiger partial charge in [0.05, 0.1) is 19.2 Å². The van der Waals surface area contributed by atoms with Gasteiger partial charge in [-0.15, -0.1) is 0 Å². The molecular weight excluding hydrogens is 242 g/mol. The van der Waals surface area contributed by atoms with Gasteiger partial charge in [0.2, 0.25) is 0 Å². The van der Waals surface area contributed by atoms with Crippen molar-refractivity contribution in [2.45, 2.75) is 12.8 Å². The highest BCUT2D eigenvalue weighted by atomic mass is 16.4. The Balaban J connectivity index is 0.000000187. The summed E-state index contributed by atoms with van der Waals surface area (Å²) >= 11 is 0. The highest BCUT2D eigenvalue weighted by Crippen LogP contribution is 2.09. The predicted octanol–water partition coefficient (Wildman–Crippen LogP) is -0.129. The van der Waals surface area contributed by atoms with E-state index in [2.05, 4.69) is 19.9 Å². The van der Waals surface area contributed by atoms with Crippen LogP contribution in [0.25, 0.3) is 11.2 Å². The first-order chi connectivity index (χ1) is 8.50. The number of aromatic nitrogens is 4. The number of anilines is 1. The van der Waals surface area contributed by atoms with Gasteiger partial charge in [0, 0.05) is 0 Å². The summed E-state index contributed by atoms with van der Waals surface area (Å²) in [5.41, 5.74) is 6.78. The van der Waals surface area contributed by atoms with Crippen LogP contribution in [0.2, 0.25) is 0 Å². The molecule has 0 aliphatic carbocycles. The van der Waals surface area contributed by atoms with Crippen molar-refractivity contribution in [3.63, 3.8) is 0 Å². The number of nitrogens with two attached hydrogens (primary N) is 1. The SMILES string of the molecule is Nc1ncnc2nc[nH]c12.O=C(O)CCC(=O)O. The number of nitrogens with zero attached hydrogens (tertiary/aromatic N) is 3. The molecule has 2 rings (SSSR count). The normalized spacial score (nSPS) is 9.56. The average Bonchev–Trinajstić information content (AvgIpc) is 2.77. The third kappa shape index (κ3) is 4.04. The smallest absolute Gasteiger partial charge is 0.303 e. The van der Waals surface area contributed by atoms with Gasteiger partial charge in [0.1, 0.15) is 11.8 Å². The fourth-order valence-electron chi connectivity index (χ4n) is 0.998. The molecule has 0 saturated heterocycles. The number of carboxylic acid groups (broad SMARTS) is 2. The van der Waals surface area contributed by atoms with Crippen molar-refractivity contribution in [3.8, 4) is 0 Å². The maximum absolute atomic E-state index is 9.64. The zero-order chi connectivity index (χ0) is 13.5. The Hall–Kier alpha value is -2.71. The lowest BCUT2D eigenvalue weighted by Gasteiger charge is -1.89. The molecule has 0 aliphatic heterocycles. The summed E-state index contributed by atoms with van der Waals surface area (Å²) in [5.74, 6) is -1.72. The van der Waals surface area contributed by atoms with Gasteiger partial charge in [0.25, 0.3) is 0 Å². The lowest BCUT2D eigenvalue weighted by atomic mass is 10.3. The Bertz CT molecular complexity index is 539. The number of carboxylic acids is 2. The summed E-state index contributed by atoms with van der Waals surface area (Å²) in [7, 11) is 0. The molecule has 9 nitrogen and oxygen atoms in total. The van der Waals surface area contributed by atoms with Gasteiger partial charge < -0.3 is 20.9 Å². The molecule has 0 bridgehead atoms. The molecule has 0 fully saturated rings. The van der Waals surface area contributed by atoms with Crippen molar-refractivity contribution in [2.75, 3.05) is 5.73 Å². The molecule has 2 heterocycles. The summed E-state index contributed by atoms with van der Waals surface area (Å²) in [4.78, 5) is 33.6. The Kier molecular flexibility index (Phi) is 4.55. The van der Waals surface area contributed by atoms with E-state index in [1.165, 1.54) is 12.7 Å². The second-order valence-corrected chi connectivity index (χ2v) is 3.15. The second kappa shape index (κ2) is 6.13. The molecule has 2 aromatic heterocycles. The van der Waals surface area contributed by atoms with Gasteiger partial charge in [-0.25, -0.2) is 15.0 Å². The largest absolute Gasteiger partial charge is 0.481 e. The van der Waals surface area contributed by atoms with Crippen LogP contribution in [0.3, 0.4) is 0 Å². The number of hydrogen-bond donors (Lipinski definition) is 4. The van der Waals surface area contributed by atoms with Crippen LogP contribution < -0.4 is 5.73 Å². The minimum absolute atomic E-state index is 0.296. The Morgan fingerprint density at radius 3 is 2.28 bits per heavy atom. The number of aromatic amines is 1. The zero-order valence-corrected chi connectivity index (χ0v) is 9.20. The fraction of sp³-hybridized carbons (Fsp3) is 0.222. The lowest BCUT2D eigenvalue weighted by molar-refractivity contribution is -0.143. The van der Waals surface area contributed by atoms with Crippen LogP contribution in [-0.4, -0.2) is 42.1 Å². The quantitative estimate of drug-likeness (QED) is 0.589. The van der Waals surface area contributed by atoms with Crippen molar-refractivity contribution in [1.29, 1.82) is 0 Å². The number of imidazole rings is 1. The van der Waals surface area contributed by atoms with E-state index in [-0.39, 0.29) is 12.8 Å². The molecule has 0 radical (unpaired) electrons. The monoisotopic (exact) mass is 253 g/mol. The molecular formula is C9H11N5O4. The molecule has 0 unspecified atom stereocenters. The molecule has 9 heteroatoms. The van der Waals surface area contributed by atoms with Gasteiger partial charge in [0.15, 0.2) is 11.5 Å². The van der Waals surface area contributed by atoms with E-state index in [0.717, 1.165) is 0 Å². The van der Waals surface area contributed by atoms with E-state index in [4.69, 9.17) is 15.9 Å². The van der Waals surface area contributed by atoms with Crippen molar-refractivity contribution >= 4 is 28.9 Å². The van der Waals surface area contributed by atoms with Crippen molar-refractivity contribution in [1.82, 2.24) is 19.9 Å². The van der Waals surface area contributed by atoms with Crippen molar-refractivity contribution < 1.29 is 19.8 Å². The van der Waals surface area contributed by atoms with Gasteiger partial charge in [-0.2, -0.15) is 0 Å². The minimum Gasteiger partial charge on any atom is -0.481 e. The maximum Gasteiger partial charge on any atom is 0.303 e. The molecule has 0 saturated carbocycles. The van der Waals surface area contributed by atoms with Gasteiger partial charge in [-0.05, 0) is 0 Å². The van der Waals surface area contributed by atoms with Crippen LogP contribution in [0, 0.1) is 0 Å². The first-order valence-electron chi connectivity index (χ1n) is 4.84. The third-order valence-corrected chi connectivity index (χ3v) is 1.81. The fourth-order valence-corrected chi connectivity index (χ4v) is 0.998. The lowest BCUT2D eigenvalue weighted by Crippen LogP contribution is -2.00. The number of nitrogens with one attached hydrogen (secondary N) is 1. The topological polar surface area (TPSA) is 155 Å².